The van der Waals surface area contributed by atoms with Crippen LogP contribution in [0.1, 0.15) is 49.5 Å². The van der Waals surface area contributed by atoms with Crippen molar-refractivity contribution in [2.75, 3.05) is 5.75 Å². The van der Waals surface area contributed by atoms with Gasteiger partial charge in [0.25, 0.3) is 5.56 Å². The van der Waals surface area contributed by atoms with Gasteiger partial charge in [0.1, 0.15) is 10.4 Å². The number of thioether (sulfide) groups is 1. The van der Waals surface area contributed by atoms with Crippen LogP contribution in [0.3, 0.4) is 0 Å². The van der Waals surface area contributed by atoms with Crippen LogP contribution in [0.5, 0.6) is 0 Å². The highest BCUT2D eigenvalue weighted by Gasteiger charge is 2.43. The van der Waals surface area contributed by atoms with Gasteiger partial charge in [-0.05, 0) is 69.1 Å². The molecular weight excluding hydrogens is 452 g/mol. The molecule has 1 saturated carbocycles. The SMILES string of the molecule is C[C@](C#N)(NC(=O)CSc1nc2sc3c(c2c(=O)n1-c1ccccc1)CCCCC3)C1CC1. The van der Waals surface area contributed by atoms with E-state index in [2.05, 4.69) is 11.4 Å². The summed E-state index contributed by atoms with van der Waals surface area (Å²) >= 11 is 2.87. The van der Waals surface area contributed by atoms with Crippen molar-refractivity contribution < 1.29 is 4.79 Å². The van der Waals surface area contributed by atoms with Crippen LogP contribution in [-0.4, -0.2) is 26.8 Å². The molecule has 3 aromatic rings. The Bertz CT molecular complexity index is 1300. The Morgan fingerprint density at radius 2 is 2.03 bits per heavy atom. The molecule has 1 N–H and O–H groups in total. The van der Waals surface area contributed by atoms with Gasteiger partial charge in [-0.2, -0.15) is 5.26 Å². The third kappa shape index (κ3) is 4.32. The number of rotatable bonds is 6. The van der Waals surface area contributed by atoms with E-state index in [1.54, 1.807) is 22.8 Å². The molecule has 1 atom stereocenters. The molecule has 0 bridgehead atoms. The molecule has 2 heterocycles. The summed E-state index contributed by atoms with van der Waals surface area (Å²) in [6, 6.07) is 11.8. The summed E-state index contributed by atoms with van der Waals surface area (Å²) in [4.78, 5) is 33.4. The van der Waals surface area contributed by atoms with Crippen LogP contribution >= 0.6 is 23.1 Å². The molecule has 2 aliphatic carbocycles. The van der Waals surface area contributed by atoms with Crippen LogP contribution in [0.25, 0.3) is 15.9 Å². The molecule has 8 heteroatoms. The lowest BCUT2D eigenvalue weighted by atomic mass is 9.98. The van der Waals surface area contributed by atoms with Gasteiger partial charge in [-0.25, -0.2) is 4.98 Å². The van der Waals surface area contributed by atoms with Gasteiger partial charge in [-0.15, -0.1) is 11.3 Å². The van der Waals surface area contributed by atoms with Crippen LogP contribution in [0, 0.1) is 17.2 Å². The van der Waals surface area contributed by atoms with Crippen LogP contribution < -0.4 is 10.9 Å². The summed E-state index contributed by atoms with van der Waals surface area (Å²) in [5.74, 6) is 0.0988. The molecule has 6 nitrogen and oxygen atoms in total. The predicted octanol–water partition coefficient (Wildman–Crippen LogP) is 4.62. The van der Waals surface area contributed by atoms with Gasteiger partial charge in [0.2, 0.25) is 5.91 Å². The smallest absolute Gasteiger partial charge is 0.267 e. The lowest BCUT2D eigenvalue weighted by Crippen LogP contribution is -2.47. The van der Waals surface area contributed by atoms with Gasteiger partial charge in [-0.3, -0.25) is 14.2 Å². The number of hydrogen-bond donors (Lipinski definition) is 1. The number of thiophene rings is 1. The second-order valence-electron chi connectivity index (χ2n) is 9.04. The molecule has 5 rings (SSSR count). The van der Waals surface area contributed by atoms with Crippen LogP contribution in [0.15, 0.2) is 40.3 Å². The zero-order valence-corrected chi connectivity index (χ0v) is 20.2. The molecule has 0 radical (unpaired) electrons. The average molecular weight is 479 g/mol. The summed E-state index contributed by atoms with van der Waals surface area (Å²) in [5.41, 5.74) is 1.01. The van der Waals surface area contributed by atoms with Crippen molar-refractivity contribution >= 4 is 39.2 Å². The van der Waals surface area contributed by atoms with Crippen molar-refractivity contribution in [1.29, 1.82) is 5.26 Å². The molecule has 1 aromatic carbocycles. The summed E-state index contributed by atoms with van der Waals surface area (Å²) in [7, 11) is 0. The van der Waals surface area contributed by atoms with Gasteiger partial charge in [-0.1, -0.05) is 36.4 Å². The summed E-state index contributed by atoms with van der Waals surface area (Å²) < 4.78 is 1.64. The minimum absolute atomic E-state index is 0.0617. The Hall–Kier alpha value is -2.63. The highest BCUT2D eigenvalue weighted by atomic mass is 32.2. The summed E-state index contributed by atoms with van der Waals surface area (Å²) in [6.07, 6.45) is 7.28. The van der Waals surface area contributed by atoms with E-state index in [0.29, 0.717) is 5.16 Å². The average Bonchev–Trinajstić information content (AvgIpc) is 3.64. The fourth-order valence-electron chi connectivity index (χ4n) is 4.60. The van der Waals surface area contributed by atoms with E-state index in [1.165, 1.54) is 23.1 Å². The van der Waals surface area contributed by atoms with Crippen molar-refractivity contribution in [3.05, 3.63) is 51.1 Å². The van der Waals surface area contributed by atoms with E-state index in [9.17, 15) is 14.9 Å². The molecule has 2 aromatic heterocycles. The fourth-order valence-corrected chi connectivity index (χ4v) is 6.72. The largest absolute Gasteiger partial charge is 0.337 e. The first kappa shape index (κ1) is 22.2. The zero-order chi connectivity index (χ0) is 23.0. The number of carbonyl (C=O) groups is 1. The highest BCUT2D eigenvalue weighted by Crippen LogP contribution is 2.39. The summed E-state index contributed by atoms with van der Waals surface area (Å²) in [6.45, 7) is 1.79. The van der Waals surface area contributed by atoms with E-state index in [-0.39, 0.29) is 23.1 Å². The number of para-hydroxylation sites is 1. The molecule has 1 fully saturated rings. The van der Waals surface area contributed by atoms with E-state index < -0.39 is 5.54 Å². The molecule has 0 saturated heterocycles. The zero-order valence-electron chi connectivity index (χ0n) is 18.6. The molecule has 33 heavy (non-hydrogen) atoms. The number of nitrogens with one attached hydrogen (secondary N) is 1. The number of fused-ring (bicyclic) bond motifs is 3. The maximum atomic E-state index is 13.8. The van der Waals surface area contributed by atoms with E-state index in [0.717, 1.165) is 60.0 Å². The topological polar surface area (TPSA) is 87.8 Å². The maximum absolute atomic E-state index is 13.8. The minimum Gasteiger partial charge on any atom is -0.337 e. The second-order valence-corrected chi connectivity index (χ2v) is 11.1. The second kappa shape index (κ2) is 8.96. The van der Waals surface area contributed by atoms with E-state index in [1.807, 2.05) is 30.3 Å². The normalized spacial score (nSPS) is 17.6. The summed E-state index contributed by atoms with van der Waals surface area (Å²) in [5, 5.41) is 13.7. The van der Waals surface area contributed by atoms with Crippen LogP contribution in [-0.2, 0) is 17.6 Å². The number of carbonyl (C=O) groups excluding carboxylic acids is 1. The quantitative estimate of drug-likeness (QED) is 0.317. The van der Waals surface area contributed by atoms with Crippen molar-refractivity contribution in [3.8, 4) is 11.8 Å². The first-order valence-corrected chi connectivity index (χ1v) is 13.3. The number of benzene rings is 1. The molecule has 2 aliphatic rings. The lowest BCUT2D eigenvalue weighted by molar-refractivity contribution is -0.119. The van der Waals surface area contributed by atoms with E-state index in [4.69, 9.17) is 4.98 Å². The van der Waals surface area contributed by atoms with Crippen LogP contribution in [0.4, 0.5) is 0 Å². The Balaban J connectivity index is 1.51. The molecular formula is C25H26N4O2S2. The molecule has 0 aliphatic heterocycles. The van der Waals surface area contributed by atoms with Crippen molar-refractivity contribution in [3.63, 3.8) is 0 Å². The van der Waals surface area contributed by atoms with Gasteiger partial charge in [0.05, 0.1) is 22.9 Å². The highest BCUT2D eigenvalue weighted by molar-refractivity contribution is 7.99. The monoisotopic (exact) mass is 478 g/mol. The van der Waals surface area contributed by atoms with Crippen molar-refractivity contribution in [1.82, 2.24) is 14.9 Å². The van der Waals surface area contributed by atoms with E-state index >= 15 is 0 Å². The van der Waals surface area contributed by atoms with Crippen molar-refractivity contribution in [2.24, 2.45) is 5.92 Å². The fraction of sp³-hybridized carbons (Fsp3) is 0.440. The third-order valence-electron chi connectivity index (χ3n) is 6.58. The minimum atomic E-state index is -0.834. The number of nitriles is 1. The number of hydrogen-bond acceptors (Lipinski definition) is 6. The lowest BCUT2D eigenvalue weighted by Gasteiger charge is -2.22. The third-order valence-corrected chi connectivity index (χ3v) is 8.70. The molecule has 0 spiro atoms. The van der Waals surface area contributed by atoms with Gasteiger partial charge in [0, 0.05) is 4.88 Å². The number of aryl methyl sites for hydroxylation is 2. The first-order valence-electron chi connectivity index (χ1n) is 11.5. The number of amides is 1. The standard InChI is InChI=1S/C25H26N4O2S2/c1-25(15-26,16-12-13-16)28-20(30)14-32-24-27-22-21(18-10-6-3-7-11-19(18)33-22)23(31)29(24)17-8-4-2-5-9-17/h2,4-5,8-9,16H,3,6-7,10-14H2,1H3,(H,28,30)/t25-/m1/s1. The number of nitrogens with zero attached hydrogens (tertiary/aromatic N) is 3. The Morgan fingerprint density at radius 3 is 2.76 bits per heavy atom. The van der Waals surface area contributed by atoms with Crippen LogP contribution in [0.2, 0.25) is 0 Å². The Labute approximate surface area is 201 Å². The Kier molecular flexibility index (Phi) is 6.02. The van der Waals surface area contributed by atoms with Crippen molar-refractivity contribution in [2.45, 2.75) is 62.6 Å². The molecule has 0 unspecified atom stereocenters. The van der Waals surface area contributed by atoms with Gasteiger partial charge in [0.15, 0.2) is 5.16 Å². The van der Waals surface area contributed by atoms with Gasteiger partial charge < -0.3 is 5.32 Å². The molecule has 1 amide bonds. The first-order chi connectivity index (χ1) is 16.0. The molecule has 170 valence electrons. The maximum Gasteiger partial charge on any atom is 0.267 e. The van der Waals surface area contributed by atoms with Gasteiger partial charge >= 0.3 is 0 Å². The number of aromatic nitrogens is 2. The Morgan fingerprint density at radius 1 is 1.27 bits per heavy atom. The predicted molar refractivity (Wildman–Crippen MR) is 132 cm³/mol.